The van der Waals surface area contributed by atoms with Crippen LogP contribution in [-0.2, 0) is 0 Å². The van der Waals surface area contributed by atoms with Gasteiger partial charge in [0.25, 0.3) is 0 Å². The number of aromatic nitrogens is 3. The second-order valence-corrected chi connectivity index (χ2v) is 5.50. The molecular weight excluding hydrogens is 278 g/mol. The van der Waals surface area contributed by atoms with Gasteiger partial charge in [0.05, 0.1) is 13.3 Å². The smallest absolute Gasteiger partial charge is 0.244 e. The molecule has 2 aromatic rings. The predicted octanol–water partition coefficient (Wildman–Crippen LogP) is 3.37. The fraction of sp³-hybridized carbons (Fsp3) is 0.438. The summed E-state index contributed by atoms with van der Waals surface area (Å²) in [7, 11) is 1.65. The molecule has 116 valence electrons. The van der Waals surface area contributed by atoms with Crippen LogP contribution in [0.2, 0.25) is 0 Å². The summed E-state index contributed by atoms with van der Waals surface area (Å²) >= 11 is 0. The molecule has 3 rings (SSSR count). The highest BCUT2D eigenvalue weighted by Crippen LogP contribution is 2.22. The van der Waals surface area contributed by atoms with Crippen LogP contribution in [0.25, 0.3) is 0 Å². The van der Waals surface area contributed by atoms with E-state index in [0.29, 0.717) is 17.8 Å². The third kappa shape index (κ3) is 3.84. The molecule has 6 nitrogen and oxygen atoms in total. The summed E-state index contributed by atoms with van der Waals surface area (Å²) < 4.78 is 5.22. The number of nitrogens with zero attached hydrogens (tertiary/aromatic N) is 3. The van der Waals surface area contributed by atoms with E-state index < -0.39 is 0 Å². The monoisotopic (exact) mass is 299 g/mol. The molecule has 0 bridgehead atoms. The number of ether oxygens (including phenoxy) is 1. The molecule has 1 fully saturated rings. The lowest BCUT2D eigenvalue weighted by atomic mass is 9.96. The van der Waals surface area contributed by atoms with Crippen LogP contribution in [0.4, 0.5) is 17.5 Å². The summed E-state index contributed by atoms with van der Waals surface area (Å²) in [5.74, 6) is 2.05. The molecule has 0 atom stereocenters. The van der Waals surface area contributed by atoms with Crippen molar-refractivity contribution in [2.24, 2.45) is 0 Å². The lowest BCUT2D eigenvalue weighted by molar-refractivity contribution is 0.415. The van der Waals surface area contributed by atoms with Gasteiger partial charge in [0.2, 0.25) is 5.95 Å². The average molecular weight is 299 g/mol. The molecule has 1 aromatic carbocycles. The van der Waals surface area contributed by atoms with Crippen LogP contribution in [0, 0.1) is 0 Å². The molecule has 0 radical (unpaired) electrons. The van der Waals surface area contributed by atoms with Gasteiger partial charge in [-0.05, 0) is 25.0 Å². The molecule has 0 saturated heterocycles. The van der Waals surface area contributed by atoms with Crippen molar-refractivity contribution < 1.29 is 4.74 Å². The third-order valence-electron chi connectivity index (χ3n) is 3.84. The van der Waals surface area contributed by atoms with Gasteiger partial charge in [0, 0.05) is 17.8 Å². The van der Waals surface area contributed by atoms with Crippen LogP contribution in [-0.4, -0.2) is 28.3 Å². The second-order valence-electron chi connectivity index (χ2n) is 5.50. The first-order chi connectivity index (χ1) is 10.8. The molecule has 0 aliphatic heterocycles. The number of nitrogens with one attached hydrogen (secondary N) is 2. The van der Waals surface area contributed by atoms with Gasteiger partial charge in [-0.1, -0.05) is 25.3 Å². The molecule has 22 heavy (non-hydrogen) atoms. The molecule has 0 unspecified atom stereocenters. The van der Waals surface area contributed by atoms with Crippen molar-refractivity contribution in [2.75, 3.05) is 17.7 Å². The molecule has 1 heterocycles. The van der Waals surface area contributed by atoms with Crippen molar-refractivity contribution in [2.45, 2.75) is 38.1 Å². The number of anilines is 3. The summed E-state index contributed by atoms with van der Waals surface area (Å²) in [4.78, 5) is 4.48. The Kier molecular flexibility index (Phi) is 4.68. The molecule has 1 aromatic heterocycles. The van der Waals surface area contributed by atoms with Crippen LogP contribution in [0.15, 0.2) is 30.5 Å². The zero-order valence-corrected chi connectivity index (χ0v) is 12.7. The molecule has 2 N–H and O–H groups in total. The highest BCUT2D eigenvalue weighted by molar-refractivity contribution is 5.58. The Morgan fingerprint density at radius 3 is 2.86 bits per heavy atom. The lowest BCUT2D eigenvalue weighted by Gasteiger charge is -2.22. The number of hydrogen-bond donors (Lipinski definition) is 2. The van der Waals surface area contributed by atoms with Crippen LogP contribution in [0.3, 0.4) is 0 Å². The zero-order valence-electron chi connectivity index (χ0n) is 12.7. The Bertz CT molecular complexity index is 613. The van der Waals surface area contributed by atoms with E-state index in [1.165, 1.54) is 32.1 Å². The van der Waals surface area contributed by atoms with E-state index in [-0.39, 0.29) is 0 Å². The van der Waals surface area contributed by atoms with Crippen LogP contribution < -0.4 is 15.4 Å². The van der Waals surface area contributed by atoms with Crippen molar-refractivity contribution in [3.63, 3.8) is 0 Å². The molecule has 1 saturated carbocycles. The van der Waals surface area contributed by atoms with Crippen molar-refractivity contribution in [3.05, 3.63) is 30.5 Å². The number of hydrogen-bond acceptors (Lipinski definition) is 6. The topological polar surface area (TPSA) is 72.0 Å². The second kappa shape index (κ2) is 7.06. The van der Waals surface area contributed by atoms with E-state index in [2.05, 4.69) is 25.8 Å². The number of rotatable bonds is 5. The number of benzene rings is 1. The summed E-state index contributed by atoms with van der Waals surface area (Å²) in [6.07, 6.45) is 7.84. The molecule has 6 heteroatoms. The molecular formula is C16H21N5O. The Morgan fingerprint density at radius 2 is 2.05 bits per heavy atom. The molecule has 0 spiro atoms. The largest absolute Gasteiger partial charge is 0.497 e. The van der Waals surface area contributed by atoms with Gasteiger partial charge >= 0.3 is 0 Å². The minimum atomic E-state index is 0.461. The fourth-order valence-electron chi connectivity index (χ4n) is 2.70. The SMILES string of the molecule is COc1cccc(Nc2cnnc(NC3CCCCC3)n2)c1. The first kappa shape index (κ1) is 14.6. The standard InChI is InChI=1S/C16H21N5O/c1-22-14-9-5-8-13(10-14)18-15-11-17-21-16(20-15)19-12-6-3-2-4-7-12/h5,8-12H,2-4,6-7H2,1H3,(H2,18,19,20,21). The third-order valence-corrected chi connectivity index (χ3v) is 3.84. The summed E-state index contributed by atoms with van der Waals surface area (Å²) in [6, 6.07) is 8.16. The molecule has 0 amide bonds. The highest BCUT2D eigenvalue weighted by Gasteiger charge is 2.14. The summed E-state index contributed by atoms with van der Waals surface area (Å²) in [6.45, 7) is 0. The number of methoxy groups -OCH3 is 1. The first-order valence-electron chi connectivity index (χ1n) is 7.71. The van der Waals surface area contributed by atoms with E-state index in [1.807, 2.05) is 24.3 Å². The highest BCUT2D eigenvalue weighted by atomic mass is 16.5. The summed E-state index contributed by atoms with van der Waals surface area (Å²) in [5, 5.41) is 14.7. The minimum absolute atomic E-state index is 0.461. The zero-order chi connectivity index (χ0) is 15.2. The van der Waals surface area contributed by atoms with Gasteiger partial charge in [-0.25, -0.2) is 0 Å². The molecule has 1 aliphatic carbocycles. The van der Waals surface area contributed by atoms with Gasteiger partial charge in [-0.3, -0.25) is 0 Å². The fourth-order valence-corrected chi connectivity index (χ4v) is 2.70. The van der Waals surface area contributed by atoms with Gasteiger partial charge < -0.3 is 15.4 Å². The first-order valence-corrected chi connectivity index (χ1v) is 7.71. The normalized spacial score (nSPS) is 15.3. The van der Waals surface area contributed by atoms with Crippen molar-refractivity contribution in [1.29, 1.82) is 0 Å². The predicted molar refractivity (Wildman–Crippen MR) is 86.6 cm³/mol. The van der Waals surface area contributed by atoms with Gasteiger partial charge in [-0.15, -0.1) is 5.10 Å². The van der Waals surface area contributed by atoms with Gasteiger partial charge in [0.1, 0.15) is 5.75 Å². The van der Waals surface area contributed by atoms with E-state index in [0.717, 1.165) is 11.4 Å². The van der Waals surface area contributed by atoms with Crippen LogP contribution in [0.1, 0.15) is 32.1 Å². The van der Waals surface area contributed by atoms with E-state index in [9.17, 15) is 0 Å². The Morgan fingerprint density at radius 1 is 1.18 bits per heavy atom. The summed E-state index contributed by atoms with van der Waals surface area (Å²) in [5.41, 5.74) is 0.906. The maximum Gasteiger partial charge on any atom is 0.244 e. The molecule has 1 aliphatic rings. The van der Waals surface area contributed by atoms with E-state index in [1.54, 1.807) is 13.3 Å². The van der Waals surface area contributed by atoms with Crippen molar-refractivity contribution >= 4 is 17.5 Å². The van der Waals surface area contributed by atoms with E-state index >= 15 is 0 Å². The lowest BCUT2D eigenvalue weighted by Crippen LogP contribution is -2.23. The van der Waals surface area contributed by atoms with Crippen LogP contribution >= 0.6 is 0 Å². The Balaban J connectivity index is 1.67. The van der Waals surface area contributed by atoms with Gasteiger partial charge in [0.15, 0.2) is 5.82 Å². The van der Waals surface area contributed by atoms with E-state index in [4.69, 9.17) is 4.74 Å². The van der Waals surface area contributed by atoms with Gasteiger partial charge in [-0.2, -0.15) is 10.1 Å². The minimum Gasteiger partial charge on any atom is -0.497 e. The Labute approximate surface area is 130 Å². The quantitative estimate of drug-likeness (QED) is 0.882. The maximum atomic E-state index is 5.22. The average Bonchev–Trinajstić information content (AvgIpc) is 2.56. The van der Waals surface area contributed by atoms with Crippen molar-refractivity contribution in [3.8, 4) is 5.75 Å². The Hall–Kier alpha value is -2.37. The van der Waals surface area contributed by atoms with Crippen LogP contribution in [0.5, 0.6) is 5.75 Å². The maximum absolute atomic E-state index is 5.22. The van der Waals surface area contributed by atoms with Crippen molar-refractivity contribution in [1.82, 2.24) is 15.2 Å².